The fourth-order valence-corrected chi connectivity index (χ4v) is 2.48. The molecular weight excluding hydrogens is 331 g/mol. The maximum absolute atomic E-state index is 12.7. The van der Waals surface area contributed by atoms with E-state index in [2.05, 4.69) is 10.2 Å². The Morgan fingerprint density at radius 2 is 1.79 bits per heavy atom. The lowest BCUT2D eigenvalue weighted by Crippen LogP contribution is -2.54. The van der Waals surface area contributed by atoms with Gasteiger partial charge in [0.1, 0.15) is 16.9 Å². The van der Waals surface area contributed by atoms with Crippen LogP contribution in [0.5, 0.6) is 0 Å². The summed E-state index contributed by atoms with van der Waals surface area (Å²) in [6.07, 6.45) is -5.52. The molecule has 1 saturated heterocycles. The molecule has 1 atom stereocenters. The van der Waals surface area contributed by atoms with Crippen LogP contribution in [0.4, 0.5) is 18.0 Å². The van der Waals surface area contributed by atoms with Gasteiger partial charge >= 0.3 is 18.2 Å². The Kier molecular flexibility index (Phi) is 4.11. The molecule has 2 heterocycles. The molecule has 0 aliphatic carbocycles. The van der Waals surface area contributed by atoms with Crippen LogP contribution in [0.1, 0.15) is 53.3 Å². The number of hydrogen-bond donors (Lipinski definition) is 0. The predicted molar refractivity (Wildman–Crippen MR) is 74.8 cm³/mol. The molecule has 1 aliphatic rings. The number of hydrogen-bond acceptors (Lipinski definition) is 6. The largest absolute Gasteiger partial charge is 0.470 e. The van der Waals surface area contributed by atoms with Crippen LogP contribution in [-0.2, 0) is 21.2 Å². The van der Waals surface area contributed by atoms with Gasteiger partial charge in [-0.05, 0) is 41.5 Å². The first-order chi connectivity index (χ1) is 10.7. The molecule has 0 aromatic carbocycles. The van der Waals surface area contributed by atoms with Gasteiger partial charge in [-0.15, -0.1) is 10.2 Å². The maximum Gasteiger partial charge on any atom is 0.470 e. The highest BCUT2D eigenvalue weighted by atomic mass is 19.4. The van der Waals surface area contributed by atoms with Crippen LogP contribution in [0, 0.1) is 0 Å². The average Bonchev–Trinajstić information content (AvgIpc) is 2.90. The molecule has 1 fully saturated rings. The highest BCUT2D eigenvalue weighted by Crippen LogP contribution is 2.43. The molecule has 0 bridgehead atoms. The molecule has 136 valence electrons. The lowest BCUT2D eigenvalue weighted by atomic mass is 10.0. The van der Waals surface area contributed by atoms with Crippen molar-refractivity contribution >= 4 is 6.09 Å². The van der Waals surface area contributed by atoms with Crippen LogP contribution < -0.4 is 0 Å². The van der Waals surface area contributed by atoms with E-state index in [0.717, 1.165) is 0 Å². The lowest BCUT2D eigenvalue weighted by Gasteiger charge is -2.38. The van der Waals surface area contributed by atoms with Gasteiger partial charge in [0.15, 0.2) is 0 Å². The minimum atomic E-state index is -4.77. The summed E-state index contributed by atoms with van der Waals surface area (Å²) in [6.45, 7) is 9.62. The Labute approximate surface area is 137 Å². The Balaban J connectivity index is 2.42. The van der Waals surface area contributed by atoms with Gasteiger partial charge in [-0.2, -0.15) is 13.2 Å². The summed E-state index contributed by atoms with van der Waals surface area (Å²) in [5, 5.41) is 6.48. The van der Waals surface area contributed by atoms with E-state index in [4.69, 9.17) is 13.9 Å². The van der Waals surface area contributed by atoms with Crippen LogP contribution in [0.15, 0.2) is 4.42 Å². The fraction of sp³-hybridized carbons (Fsp3) is 0.786. The molecular formula is C14H20F3N3O4. The van der Waals surface area contributed by atoms with Crippen LogP contribution in [-0.4, -0.2) is 39.1 Å². The first kappa shape index (κ1) is 18.5. The summed E-state index contributed by atoms with van der Waals surface area (Å²) in [5.74, 6) is -1.85. The number of rotatable bonds is 1. The Morgan fingerprint density at radius 1 is 1.21 bits per heavy atom. The third kappa shape index (κ3) is 3.33. The van der Waals surface area contributed by atoms with Crippen molar-refractivity contribution < 1.29 is 31.9 Å². The van der Waals surface area contributed by atoms with E-state index in [9.17, 15) is 18.0 Å². The predicted octanol–water partition coefficient (Wildman–Crippen LogP) is 3.31. The average molecular weight is 351 g/mol. The van der Waals surface area contributed by atoms with E-state index < -0.39 is 35.0 Å². The van der Waals surface area contributed by atoms with Gasteiger partial charge in [-0.25, -0.2) is 4.79 Å². The van der Waals surface area contributed by atoms with Crippen molar-refractivity contribution in [2.45, 2.75) is 64.6 Å². The van der Waals surface area contributed by atoms with Gasteiger partial charge in [0.05, 0.1) is 6.61 Å². The van der Waals surface area contributed by atoms with Crippen molar-refractivity contribution in [3.05, 3.63) is 11.8 Å². The van der Waals surface area contributed by atoms with Gasteiger partial charge < -0.3 is 13.9 Å². The summed E-state index contributed by atoms with van der Waals surface area (Å²) in [4.78, 5) is 13.8. The third-order valence-electron chi connectivity index (χ3n) is 3.44. The maximum atomic E-state index is 12.7. The van der Waals surface area contributed by atoms with Gasteiger partial charge in [-0.1, -0.05) is 0 Å². The van der Waals surface area contributed by atoms with Crippen molar-refractivity contribution in [3.63, 3.8) is 0 Å². The zero-order valence-corrected chi connectivity index (χ0v) is 14.3. The Hall–Kier alpha value is -1.84. The number of nitrogens with zero attached hydrogens (tertiary/aromatic N) is 3. The lowest BCUT2D eigenvalue weighted by molar-refractivity contribution is -0.158. The normalized spacial score (nSPS) is 24.3. The number of alkyl halides is 3. The highest BCUT2D eigenvalue weighted by Gasteiger charge is 2.57. The van der Waals surface area contributed by atoms with Crippen LogP contribution in [0.3, 0.4) is 0 Å². The molecule has 0 N–H and O–H groups in total. The zero-order chi connectivity index (χ0) is 18.6. The van der Waals surface area contributed by atoms with E-state index >= 15 is 0 Å². The summed E-state index contributed by atoms with van der Waals surface area (Å²) in [6, 6.07) is 0. The number of amides is 1. The molecule has 0 spiro atoms. The van der Waals surface area contributed by atoms with Crippen LogP contribution in [0.25, 0.3) is 0 Å². The second-order valence-corrected chi connectivity index (χ2v) is 7.24. The summed E-state index contributed by atoms with van der Waals surface area (Å²) in [7, 11) is 0. The topological polar surface area (TPSA) is 77.7 Å². The standard InChI is InChI=1S/C14H20F3N3O4/c1-11(2,3)24-10(21)20-12(4,5)22-7-13(20,6)8-18-19-9(23-8)14(15,16)17/h7H2,1-6H3. The van der Waals surface area contributed by atoms with Crippen molar-refractivity contribution in [2.24, 2.45) is 0 Å². The molecule has 24 heavy (non-hydrogen) atoms. The van der Waals surface area contributed by atoms with E-state index in [0.29, 0.717) is 0 Å². The minimum absolute atomic E-state index is 0.112. The molecule has 10 heteroatoms. The number of ether oxygens (including phenoxy) is 2. The number of halogens is 3. The van der Waals surface area contributed by atoms with Gasteiger partial charge in [0.2, 0.25) is 5.89 Å². The molecule has 1 amide bonds. The molecule has 2 rings (SSSR count). The summed E-state index contributed by atoms with van der Waals surface area (Å²) < 4.78 is 53.8. The van der Waals surface area contributed by atoms with Crippen molar-refractivity contribution in [1.29, 1.82) is 0 Å². The van der Waals surface area contributed by atoms with E-state index in [1.807, 2.05) is 0 Å². The molecule has 1 aromatic heterocycles. The monoisotopic (exact) mass is 351 g/mol. The van der Waals surface area contributed by atoms with Crippen molar-refractivity contribution in [2.75, 3.05) is 6.61 Å². The molecule has 0 saturated carbocycles. The summed E-state index contributed by atoms with van der Waals surface area (Å²) >= 11 is 0. The number of carbonyl (C=O) groups excluding carboxylic acids is 1. The number of aromatic nitrogens is 2. The van der Waals surface area contributed by atoms with Gasteiger partial charge in [-0.3, -0.25) is 4.90 Å². The molecule has 0 radical (unpaired) electrons. The van der Waals surface area contributed by atoms with Crippen LogP contribution >= 0.6 is 0 Å². The van der Waals surface area contributed by atoms with Gasteiger partial charge in [0, 0.05) is 0 Å². The van der Waals surface area contributed by atoms with E-state index in [1.165, 1.54) is 11.8 Å². The Bertz CT molecular complexity index is 636. The Morgan fingerprint density at radius 3 is 2.25 bits per heavy atom. The third-order valence-corrected chi connectivity index (χ3v) is 3.44. The van der Waals surface area contributed by atoms with E-state index in [1.54, 1.807) is 34.6 Å². The molecule has 1 aromatic rings. The van der Waals surface area contributed by atoms with Crippen molar-refractivity contribution in [3.8, 4) is 0 Å². The second-order valence-electron chi connectivity index (χ2n) is 7.24. The second kappa shape index (κ2) is 5.33. The van der Waals surface area contributed by atoms with E-state index in [-0.39, 0.29) is 12.5 Å². The molecule has 7 nitrogen and oxygen atoms in total. The first-order valence-electron chi connectivity index (χ1n) is 7.25. The highest BCUT2D eigenvalue weighted by molar-refractivity contribution is 5.70. The molecule has 1 unspecified atom stereocenters. The molecule has 1 aliphatic heterocycles. The van der Waals surface area contributed by atoms with Crippen molar-refractivity contribution in [1.82, 2.24) is 15.1 Å². The smallest absolute Gasteiger partial charge is 0.444 e. The fourth-order valence-electron chi connectivity index (χ4n) is 2.48. The summed E-state index contributed by atoms with van der Waals surface area (Å²) in [5.41, 5.74) is -3.30. The SMILES string of the molecule is CC(C)(C)OC(=O)N1C(C)(C)OCC1(C)c1nnc(C(F)(F)F)o1. The number of carbonyl (C=O) groups is 1. The van der Waals surface area contributed by atoms with Crippen LogP contribution in [0.2, 0.25) is 0 Å². The minimum Gasteiger partial charge on any atom is -0.444 e. The zero-order valence-electron chi connectivity index (χ0n) is 14.3. The quantitative estimate of drug-likeness (QED) is 0.772. The van der Waals surface area contributed by atoms with Gasteiger partial charge in [0.25, 0.3) is 0 Å². The first-order valence-corrected chi connectivity index (χ1v) is 7.25.